The van der Waals surface area contributed by atoms with Crippen LogP contribution in [-0.4, -0.2) is 99.7 Å². The van der Waals surface area contributed by atoms with Crippen LogP contribution in [0.5, 0.6) is 0 Å². The Morgan fingerprint density at radius 3 is 1.80 bits per heavy atom. The van der Waals surface area contributed by atoms with Gasteiger partial charge in [-0.2, -0.15) is 0 Å². The Bertz CT molecular complexity index is 262. The summed E-state index contributed by atoms with van der Waals surface area (Å²) in [5.74, 6) is 0. The van der Waals surface area contributed by atoms with Gasteiger partial charge in [0.15, 0.2) is 0 Å². The summed E-state index contributed by atoms with van der Waals surface area (Å²) in [4.78, 5) is 0. The normalized spacial score (nSPS) is 22.6. The van der Waals surface area contributed by atoms with Crippen molar-refractivity contribution in [2.75, 3.05) is 13.2 Å². The maximum atomic E-state index is 9.79. The second-order valence-corrected chi connectivity index (χ2v) is 4.52. The predicted octanol–water partition coefficient (Wildman–Crippen LogP) is -5.06. The van der Waals surface area contributed by atoms with Crippen LogP contribution >= 0.6 is 12.9 Å². The Morgan fingerprint density at radius 1 is 0.850 bits per heavy atom. The number of thiol groups is 1. The van der Waals surface area contributed by atoms with Crippen LogP contribution < -0.4 is 0 Å². The molecule has 20 heavy (non-hydrogen) atoms. The van der Waals surface area contributed by atoms with Gasteiger partial charge in [0.05, 0.1) is 13.2 Å². The van der Waals surface area contributed by atoms with E-state index in [9.17, 15) is 25.5 Å². The molecule has 0 heterocycles. The van der Waals surface area contributed by atoms with Crippen molar-refractivity contribution in [2.45, 2.75) is 42.7 Å². The molecule has 7 unspecified atom stereocenters. The molecule has 0 aliphatic carbocycles. The van der Waals surface area contributed by atoms with E-state index in [1.165, 1.54) is 8.05 Å². The molecule has 0 aromatic rings. The molecule has 7 atom stereocenters. The molecule has 120 valence electrons. The van der Waals surface area contributed by atoms with Crippen LogP contribution in [0.15, 0.2) is 0 Å². The molecule has 0 aromatic carbocycles. The molecule has 7 N–H and O–H groups in total. The van der Waals surface area contributed by atoms with Crippen LogP contribution in [0.3, 0.4) is 0 Å². The van der Waals surface area contributed by atoms with E-state index in [0.29, 0.717) is 0 Å². The van der Waals surface area contributed by atoms with Crippen molar-refractivity contribution in [1.82, 2.24) is 0 Å². The van der Waals surface area contributed by atoms with Crippen molar-refractivity contribution in [3.63, 3.8) is 0 Å². The van der Waals surface area contributed by atoms with E-state index < -0.39 is 49.3 Å². The van der Waals surface area contributed by atoms with Gasteiger partial charge in [-0.15, -0.1) is 0 Å². The van der Waals surface area contributed by atoms with E-state index >= 15 is 0 Å². The number of hydrogen-bond donors (Lipinski definition) is 8. The fraction of sp³-hybridized carbons (Fsp3) is 1.00. The highest BCUT2D eigenvalue weighted by Crippen LogP contribution is 2.17. The first-order valence-corrected chi connectivity index (χ1v) is 6.16. The zero-order chi connectivity index (χ0) is 15.9. The summed E-state index contributed by atoms with van der Waals surface area (Å²) in [7, 11) is 1.28. The molecule has 0 rings (SSSR count). The molecular weight excluding hydrogens is 295 g/mol. The summed E-state index contributed by atoms with van der Waals surface area (Å²) in [6.07, 6.45) is -12.1. The molecule has 0 aliphatic heterocycles. The Kier molecular flexibility index (Phi) is 9.92. The molecule has 0 amide bonds. The third-order valence-electron chi connectivity index (χ3n) is 2.81. The van der Waals surface area contributed by atoms with Crippen molar-refractivity contribution in [2.24, 2.45) is 0 Å². The first-order valence-electron chi connectivity index (χ1n) is 5.80. The lowest BCUT2D eigenvalue weighted by molar-refractivity contribution is -0.162. The molecule has 11 heteroatoms. The molecule has 0 saturated carbocycles. The average Bonchev–Trinajstić information content (AvgIpc) is 2.45. The number of hydrogen-bond acceptors (Lipinski definition) is 10. The topological polar surface area (TPSA) is 160 Å². The second kappa shape index (κ2) is 9.89. The van der Waals surface area contributed by atoms with Gasteiger partial charge in [-0.1, -0.05) is 0 Å². The summed E-state index contributed by atoms with van der Waals surface area (Å²) in [6, 6.07) is 0. The molecular formula is C9H21BO9S. The minimum atomic E-state index is -1.95. The lowest BCUT2D eigenvalue weighted by atomic mass is 9.94. The van der Waals surface area contributed by atoms with Crippen molar-refractivity contribution >= 4 is 21.0 Å². The molecule has 0 fully saturated rings. The average molecular weight is 316 g/mol. The molecule has 0 aliphatic rings. The zero-order valence-electron chi connectivity index (χ0n) is 10.8. The summed E-state index contributed by atoms with van der Waals surface area (Å²) in [5.41, 5.74) is 0. The molecule has 0 spiro atoms. The van der Waals surface area contributed by atoms with Gasteiger partial charge in [-0.05, 0) is 12.9 Å². The van der Waals surface area contributed by atoms with Crippen molar-refractivity contribution in [3.8, 4) is 0 Å². The monoisotopic (exact) mass is 316 g/mol. The fourth-order valence-electron chi connectivity index (χ4n) is 1.55. The van der Waals surface area contributed by atoms with E-state index in [2.05, 4.69) is 21.7 Å². The summed E-state index contributed by atoms with van der Waals surface area (Å²) >= 11 is 3.42. The lowest BCUT2D eigenvalue weighted by Crippen LogP contribution is -2.55. The highest BCUT2D eigenvalue weighted by Gasteiger charge is 2.40. The van der Waals surface area contributed by atoms with Gasteiger partial charge in [-0.3, -0.25) is 0 Å². The Balaban J connectivity index is 4.79. The Hall–Kier alpha value is 0.0549. The van der Waals surface area contributed by atoms with E-state index in [1.54, 1.807) is 0 Å². The number of aliphatic hydroxyl groups is 7. The lowest BCUT2D eigenvalue weighted by Gasteiger charge is -2.33. The minimum absolute atomic E-state index is 0.264. The van der Waals surface area contributed by atoms with Gasteiger partial charge < -0.3 is 44.6 Å². The number of rotatable bonds is 10. The summed E-state index contributed by atoms with van der Waals surface area (Å²) in [5, 5.41) is 65.9. The van der Waals surface area contributed by atoms with E-state index in [4.69, 9.17) is 10.2 Å². The van der Waals surface area contributed by atoms with Gasteiger partial charge in [0.1, 0.15) is 42.7 Å². The fourth-order valence-corrected chi connectivity index (χ4v) is 1.80. The number of aliphatic hydroxyl groups excluding tert-OH is 7. The quantitative estimate of drug-likeness (QED) is 0.112. The van der Waals surface area contributed by atoms with Crippen LogP contribution in [-0.2, 0) is 8.84 Å². The largest absolute Gasteiger partial charge is 0.441 e. The predicted molar refractivity (Wildman–Crippen MR) is 71.5 cm³/mol. The Labute approximate surface area is 122 Å². The minimum Gasteiger partial charge on any atom is -0.441 e. The van der Waals surface area contributed by atoms with Gasteiger partial charge in [0, 0.05) is 0 Å². The molecule has 0 saturated heterocycles. The van der Waals surface area contributed by atoms with Crippen LogP contribution in [0.2, 0.25) is 0 Å². The first kappa shape index (κ1) is 20.1. The standard InChI is InChI=1S/C9H21BO9S/c10-18-2-4(13)6(15)9(19-20)8(17)7(16)5(14)3(12)1-11/h3-9,11-17,20H,1-2,10H2. The highest BCUT2D eigenvalue weighted by atomic mass is 32.1. The zero-order valence-corrected chi connectivity index (χ0v) is 11.7. The summed E-state index contributed by atoms with van der Waals surface area (Å²) < 4.78 is 9.10. The highest BCUT2D eigenvalue weighted by molar-refractivity contribution is 7.75. The van der Waals surface area contributed by atoms with Crippen molar-refractivity contribution in [3.05, 3.63) is 0 Å². The van der Waals surface area contributed by atoms with E-state index in [0.717, 1.165) is 0 Å². The van der Waals surface area contributed by atoms with Crippen LogP contribution in [0.25, 0.3) is 0 Å². The van der Waals surface area contributed by atoms with Crippen LogP contribution in [0.1, 0.15) is 0 Å². The second-order valence-electron chi connectivity index (χ2n) is 4.31. The van der Waals surface area contributed by atoms with Crippen LogP contribution in [0.4, 0.5) is 0 Å². The first-order chi connectivity index (χ1) is 9.31. The van der Waals surface area contributed by atoms with Crippen LogP contribution in [0, 0.1) is 0 Å². The maximum Gasteiger partial charge on any atom is 0.257 e. The third-order valence-corrected chi connectivity index (χ3v) is 3.05. The third kappa shape index (κ3) is 5.45. The van der Waals surface area contributed by atoms with Gasteiger partial charge >= 0.3 is 0 Å². The molecule has 0 bridgehead atoms. The van der Waals surface area contributed by atoms with E-state index in [1.807, 2.05) is 0 Å². The van der Waals surface area contributed by atoms with Gasteiger partial charge in [0.25, 0.3) is 8.05 Å². The van der Waals surface area contributed by atoms with Crippen molar-refractivity contribution in [1.29, 1.82) is 0 Å². The molecule has 0 radical (unpaired) electrons. The maximum absolute atomic E-state index is 9.79. The molecule has 0 aromatic heterocycles. The van der Waals surface area contributed by atoms with E-state index in [-0.39, 0.29) is 6.61 Å². The van der Waals surface area contributed by atoms with Gasteiger partial charge in [-0.25, -0.2) is 0 Å². The summed E-state index contributed by atoms with van der Waals surface area (Å²) in [6.45, 7) is -1.11. The Morgan fingerprint density at radius 2 is 1.40 bits per heavy atom. The molecule has 9 nitrogen and oxygen atoms in total. The van der Waals surface area contributed by atoms with Gasteiger partial charge in [0.2, 0.25) is 0 Å². The smallest absolute Gasteiger partial charge is 0.257 e. The van der Waals surface area contributed by atoms with Crippen molar-refractivity contribution < 1.29 is 44.6 Å². The SMILES string of the molecule is BOCC(O)C(O)C(OS)C(O)C(O)C(O)C(O)CO.